The molecule has 1 nitrogen and oxygen atoms in total. The minimum atomic E-state index is -0.364. The first-order chi connectivity index (χ1) is 7.16. The third-order valence-electron chi connectivity index (χ3n) is 2.87. The van der Waals surface area contributed by atoms with Gasteiger partial charge in [-0.2, -0.15) is 0 Å². The number of hydrogen-bond acceptors (Lipinski definition) is 1. The summed E-state index contributed by atoms with van der Waals surface area (Å²) in [5.41, 5.74) is 0.944. The normalized spacial score (nSPS) is 17.8. The molecule has 82 valence electrons. The smallest absolute Gasteiger partial charge is 0.0801 e. The molecule has 1 aromatic rings. The highest BCUT2D eigenvalue weighted by Crippen LogP contribution is 2.37. The van der Waals surface area contributed by atoms with E-state index in [0.717, 1.165) is 28.8 Å². The summed E-state index contributed by atoms with van der Waals surface area (Å²) in [6.07, 6.45) is 4.31. The van der Waals surface area contributed by atoms with E-state index in [2.05, 4.69) is 15.9 Å². The van der Waals surface area contributed by atoms with Gasteiger partial charge in [0.2, 0.25) is 0 Å². The van der Waals surface area contributed by atoms with Crippen LogP contribution in [-0.4, -0.2) is 5.11 Å². The van der Waals surface area contributed by atoms with E-state index in [0.29, 0.717) is 5.02 Å². The van der Waals surface area contributed by atoms with E-state index in [-0.39, 0.29) is 6.10 Å². The number of aliphatic hydroxyl groups excluding tert-OH is 1. The second-order valence-electron chi connectivity index (χ2n) is 4.20. The van der Waals surface area contributed by atoms with Gasteiger partial charge in [-0.3, -0.25) is 0 Å². The van der Waals surface area contributed by atoms with Gasteiger partial charge < -0.3 is 5.11 Å². The average molecular weight is 290 g/mol. The first-order valence-electron chi connectivity index (χ1n) is 5.30. The Morgan fingerprint density at radius 1 is 1.47 bits per heavy atom. The van der Waals surface area contributed by atoms with Crippen LogP contribution in [0.25, 0.3) is 0 Å². The minimum Gasteiger partial charge on any atom is -0.388 e. The van der Waals surface area contributed by atoms with Gasteiger partial charge in [0.05, 0.1) is 6.10 Å². The third-order valence-corrected chi connectivity index (χ3v) is 3.79. The summed E-state index contributed by atoms with van der Waals surface area (Å²) in [5.74, 6) is 0.866. The molecule has 1 fully saturated rings. The van der Waals surface area contributed by atoms with Gasteiger partial charge in [0, 0.05) is 9.50 Å². The predicted molar refractivity (Wildman–Crippen MR) is 66.1 cm³/mol. The maximum absolute atomic E-state index is 10.00. The summed E-state index contributed by atoms with van der Waals surface area (Å²) < 4.78 is 0.901. The minimum absolute atomic E-state index is 0.364. The lowest BCUT2D eigenvalue weighted by atomic mass is 10.0. The van der Waals surface area contributed by atoms with Crippen LogP contribution in [-0.2, 0) is 0 Å². The number of aliphatic hydroxyl groups is 1. The van der Waals surface area contributed by atoms with Crippen LogP contribution >= 0.6 is 27.5 Å². The molecule has 1 saturated carbocycles. The van der Waals surface area contributed by atoms with Gasteiger partial charge in [-0.25, -0.2) is 0 Å². The lowest BCUT2D eigenvalue weighted by Gasteiger charge is -2.12. The highest BCUT2D eigenvalue weighted by Gasteiger charge is 2.22. The Morgan fingerprint density at radius 3 is 2.80 bits per heavy atom. The van der Waals surface area contributed by atoms with Gasteiger partial charge >= 0.3 is 0 Å². The van der Waals surface area contributed by atoms with Gasteiger partial charge in [0.1, 0.15) is 0 Å². The molecule has 1 N–H and O–H groups in total. The Hall–Kier alpha value is -0.0500. The molecule has 0 aliphatic heterocycles. The van der Waals surface area contributed by atoms with E-state index in [4.69, 9.17) is 11.6 Å². The zero-order chi connectivity index (χ0) is 10.8. The van der Waals surface area contributed by atoms with Gasteiger partial charge in [-0.15, -0.1) is 0 Å². The summed E-state index contributed by atoms with van der Waals surface area (Å²) in [7, 11) is 0. The molecule has 1 aromatic carbocycles. The predicted octanol–water partition coefficient (Wildman–Crippen LogP) is 4.33. The van der Waals surface area contributed by atoms with Crippen molar-refractivity contribution in [2.45, 2.75) is 31.8 Å². The molecule has 0 radical (unpaired) electrons. The zero-order valence-corrected chi connectivity index (χ0v) is 10.8. The van der Waals surface area contributed by atoms with Crippen LogP contribution in [0.5, 0.6) is 0 Å². The summed E-state index contributed by atoms with van der Waals surface area (Å²) in [5, 5.41) is 10.7. The molecular formula is C12H14BrClO. The molecule has 1 aliphatic carbocycles. The van der Waals surface area contributed by atoms with E-state index in [9.17, 15) is 5.11 Å². The summed E-state index contributed by atoms with van der Waals surface area (Å²) in [6, 6.07) is 5.54. The zero-order valence-electron chi connectivity index (χ0n) is 8.42. The van der Waals surface area contributed by atoms with Crippen LogP contribution in [0, 0.1) is 5.92 Å². The molecule has 0 heterocycles. The van der Waals surface area contributed by atoms with Gasteiger partial charge in [-0.05, 0) is 36.5 Å². The summed E-state index contributed by atoms with van der Waals surface area (Å²) in [6.45, 7) is 0. The van der Waals surface area contributed by atoms with E-state index >= 15 is 0 Å². The lowest BCUT2D eigenvalue weighted by Crippen LogP contribution is -1.99. The lowest BCUT2D eigenvalue weighted by molar-refractivity contribution is 0.161. The third kappa shape index (κ3) is 3.20. The number of hydrogen-bond donors (Lipinski definition) is 1. The molecule has 0 bridgehead atoms. The fourth-order valence-electron chi connectivity index (χ4n) is 1.73. The topological polar surface area (TPSA) is 20.2 Å². The molecular weight excluding hydrogens is 275 g/mol. The highest BCUT2D eigenvalue weighted by molar-refractivity contribution is 9.10. The molecule has 0 amide bonds. The van der Waals surface area contributed by atoms with Crippen molar-refractivity contribution in [1.82, 2.24) is 0 Å². The largest absolute Gasteiger partial charge is 0.388 e. The Kier molecular flexibility index (Phi) is 3.70. The number of halogens is 2. The quantitative estimate of drug-likeness (QED) is 0.875. The van der Waals surface area contributed by atoms with E-state index < -0.39 is 0 Å². The van der Waals surface area contributed by atoms with Crippen molar-refractivity contribution in [2.75, 3.05) is 0 Å². The monoisotopic (exact) mass is 288 g/mol. The van der Waals surface area contributed by atoms with Crippen LogP contribution in [0.2, 0.25) is 5.02 Å². The molecule has 0 saturated heterocycles. The van der Waals surface area contributed by atoms with Crippen molar-refractivity contribution in [3.05, 3.63) is 33.3 Å². The van der Waals surface area contributed by atoms with Crippen molar-refractivity contribution < 1.29 is 5.11 Å². The molecule has 1 aliphatic rings. The molecule has 1 unspecified atom stereocenters. The first-order valence-corrected chi connectivity index (χ1v) is 6.47. The van der Waals surface area contributed by atoms with Crippen LogP contribution in [0.15, 0.2) is 22.7 Å². The van der Waals surface area contributed by atoms with E-state index in [1.54, 1.807) is 0 Å². The highest BCUT2D eigenvalue weighted by atomic mass is 79.9. The molecule has 2 rings (SSSR count). The van der Waals surface area contributed by atoms with Crippen molar-refractivity contribution in [3.8, 4) is 0 Å². The Morgan fingerprint density at radius 2 is 2.20 bits per heavy atom. The molecule has 0 spiro atoms. The Balaban J connectivity index is 1.99. The second kappa shape index (κ2) is 4.86. The first kappa shape index (κ1) is 11.4. The van der Waals surface area contributed by atoms with Gasteiger partial charge in [0.25, 0.3) is 0 Å². The summed E-state index contributed by atoms with van der Waals surface area (Å²) >= 11 is 9.27. The Bertz CT molecular complexity index is 349. The van der Waals surface area contributed by atoms with E-state index in [1.165, 1.54) is 12.8 Å². The van der Waals surface area contributed by atoms with Crippen LogP contribution < -0.4 is 0 Å². The van der Waals surface area contributed by atoms with Gasteiger partial charge in [0.15, 0.2) is 0 Å². The van der Waals surface area contributed by atoms with Crippen LogP contribution in [0.3, 0.4) is 0 Å². The van der Waals surface area contributed by atoms with Crippen molar-refractivity contribution in [1.29, 1.82) is 0 Å². The maximum atomic E-state index is 10.00. The molecule has 0 aromatic heterocycles. The Labute approximate surface area is 104 Å². The standard InChI is InChI=1S/C12H14BrClO/c13-11-7-9(14)4-5-10(11)12(15)6-3-8-1-2-8/h4-5,7-8,12,15H,1-3,6H2. The number of rotatable bonds is 4. The van der Waals surface area contributed by atoms with Crippen molar-refractivity contribution >= 4 is 27.5 Å². The van der Waals surface area contributed by atoms with Crippen LogP contribution in [0.4, 0.5) is 0 Å². The average Bonchev–Trinajstić information content (AvgIpc) is 2.97. The van der Waals surface area contributed by atoms with Crippen molar-refractivity contribution in [3.63, 3.8) is 0 Å². The number of benzene rings is 1. The second-order valence-corrected chi connectivity index (χ2v) is 5.49. The molecule has 1 atom stereocenters. The fraction of sp³-hybridized carbons (Fsp3) is 0.500. The molecule has 15 heavy (non-hydrogen) atoms. The maximum Gasteiger partial charge on any atom is 0.0801 e. The SMILES string of the molecule is OC(CCC1CC1)c1ccc(Cl)cc1Br. The van der Waals surface area contributed by atoms with Crippen molar-refractivity contribution in [2.24, 2.45) is 5.92 Å². The van der Waals surface area contributed by atoms with E-state index in [1.807, 2.05) is 18.2 Å². The molecule has 3 heteroatoms. The fourth-order valence-corrected chi connectivity index (χ4v) is 2.67. The van der Waals surface area contributed by atoms with Crippen LogP contribution in [0.1, 0.15) is 37.4 Å². The van der Waals surface area contributed by atoms with Gasteiger partial charge in [-0.1, -0.05) is 46.4 Å². The summed E-state index contributed by atoms with van der Waals surface area (Å²) in [4.78, 5) is 0.